The number of hydrogen-bond donors (Lipinski definition) is 2. The summed E-state index contributed by atoms with van der Waals surface area (Å²) in [5.41, 5.74) is -1.93. The van der Waals surface area contributed by atoms with Gasteiger partial charge in [-0.3, -0.25) is 9.59 Å². The van der Waals surface area contributed by atoms with Crippen molar-refractivity contribution in [3.05, 3.63) is 0 Å². The van der Waals surface area contributed by atoms with Crippen LogP contribution in [0.1, 0.15) is 111 Å². The number of aliphatic hydroxyl groups is 2. The number of ketones is 2. The van der Waals surface area contributed by atoms with Crippen LogP contribution in [0.3, 0.4) is 0 Å². The van der Waals surface area contributed by atoms with Crippen LogP contribution in [0, 0.1) is 0 Å². The molecule has 0 amide bonds. The van der Waals surface area contributed by atoms with Crippen LogP contribution >= 0.6 is 0 Å². The predicted molar refractivity (Wildman–Crippen MR) is 113 cm³/mol. The molecule has 0 aromatic heterocycles. The molecule has 0 radical (unpaired) electrons. The van der Waals surface area contributed by atoms with Crippen molar-refractivity contribution in [2.24, 2.45) is 0 Å². The Morgan fingerprint density at radius 3 is 1.43 bits per heavy atom. The molecule has 0 aromatic carbocycles. The minimum atomic E-state index is -1.93. The summed E-state index contributed by atoms with van der Waals surface area (Å²) in [6.45, 7) is 4.23. The van der Waals surface area contributed by atoms with Crippen molar-refractivity contribution in [2.75, 3.05) is 13.2 Å². The van der Waals surface area contributed by atoms with Gasteiger partial charge in [0.25, 0.3) is 0 Å². The maximum Gasteiger partial charge on any atom is 0.211 e. The first kappa shape index (κ1) is 27.2. The number of carbonyl (C=O) groups excluding carboxylic acids is 2. The topological polar surface area (TPSA) is 83.8 Å². The van der Waals surface area contributed by atoms with Crippen LogP contribution in [0.25, 0.3) is 0 Å². The summed E-state index contributed by atoms with van der Waals surface area (Å²) in [4.78, 5) is 23.7. The number of ether oxygens (including phenoxy) is 1. The van der Waals surface area contributed by atoms with Crippen LogP contribution in [0.4, 0.5) is 0 Å². The minimum Gasteiger partial charge on any atom is -0.394 e. The predicted octanol–water partition coefficient (Wildman–Crippen LogP) is 4.75. The molecule has 0 saturated heterocycles. The van der Waals surface area contributed by atoms with E-state index >= 15 is 0 Å². The van der Waals surface area contributed by atoms with E-state index in [0.29, 0.717) is 0 Å². The number of aliphatic hydroxyl groups excluding tert-OH is 2. The summed E-state index contributed by atoms with van der Waals surface area (Å²) in [7, 11) is 0. The molecule has 166 valence electrons. The Hall–Kier alpha value is -0.780. The Balaban J connectivity index is 3.72. The second kappa shape index (κ2) is 17.1. The zero-order valence-corrected chi connectivity index (χ0v) is 18.5. The molecule has 2 N–H and O–H groups in total. The smallest absolute Gasteiger partial charge is 0.211 e. The zero-order chi connectivity index (χ0) is 21.3. The van der Waals surface area contributed by atoms with Crippen molar-refractivity contribution in [3.63, 3.8) is 0 Å². The highest BCUT2D eigenvalue weighted by Gasteiger charge is 2.48. The van der Waals surface area contributed by atoms with E-state index in [1.807, 2.05) is 0 Å². The van der Waals surface area contributed by atoms with E-state index in [0.717, 1.165) is 19.3 Å². The van der Waals surface area contributed by atoms with Gasteiger partial charge in [0.1, 0.15) is 6.10 Å². The van der Waals surface area contributed by atoms with Crippen LogP contribution < -0.4 is 0 Å². The number of unbranched alkanes of at least 4 members (excludes halogenated alkanes) is 13. The molecule has 0 aromatic rings. The second-order valence-electron chi connectivity index (χ2n) is 7.99. The molecular weight excluding hydrogens is 356 g/mol. The molecule has 0 fully saturated rings. The third-order valence-electron chi connectivity index (χ3n) is 5.52. The fourth-order valence-electron chi connectivity index (χ4n) is 3.67. The van der Waals surface area contributed by atoms with Crippen LogP contribution in [-0.2, 0) is 14.3 Å². The van der Waals surface area contributed by atoms with Crippen molar-refractivity contribution < 1.29 is 24.5 Å². The van der Waals surface area contributed by atoms with Gasteiger partial charge in [-0.1, -0.05) is 90.4 Å². The summed E-state index contributed by atoms with van der Waals surface area (Å²) in [5.74, 6) is -1.13. The van der Waals surface area contributed by atoms with Gasteiger partial charge in [-0.2, -0.15) is 0 Å². The lowest BCUT2D eigenvalue weighted by atomic mass is 9.88. The Morgan fingerprint density at radius 1 is 0.750 bits per heavy atom. The normalized spacial score (nSPS) is 12.9. The Kier molecular flexibility index (Phi) is 16.6. The van der Waals surface area contributed by atoms with Gasteiger partial charge in [-0.25, -0.2) is 0 Å². The molecule has 1 unspecified atom stereocenters. The minimum absolute atomic E-state index is 0.230. The third-order valence-corrected chi connectivity index (χ3v) is 5.52. The molecule has 0 aliphatic carbocycles. The van der Waals surface area contributed by atoms with Gasteiger partial charge in [0.05, 0.1) is 6.61 Å². The first-order valence-corrected chi connectivity index (χ1v) is 11.4. The average Bonchev–Trinajstić information content (AvgIpc) is 2.66. The largest absolute Gasteiger partial charge is 0.394 e. The van der Waals surface area contributed by atoms with Gasteiger partial charge in [-0.15, -0.1) is 0 Å². The first-order chi connectivity index (χ1) is 13.4. The number of carbonyl (C=O) groups is 2. The van der Waals surface area contributed by atoms with Gasteiger partial charge < -0.3 is 14.9 Å². The molecule has 0 spiro atoms. The SMILES string of the molecule is CCCCCCCCCCCCCCCCOC(C(C)=O)(C(C)=O)C(O)CO. The van der Waals surface area contributed by atoms with Crippen LogP contribution in [0.2, 0.25) is 0 Å². The lowest BCUT2D eigenvalue weighted by Crippen LogP contribution is -2.57. The highest BCUT2D eigenvalue weighted by atomic mass is 16.5. The second-order valence-corrected chi connectivity index (χ2v) is 7.99. The Morgan fingerprint density at radius 2 is 1.11 bits per heavy atom. The Bertz CT molecular complexity index is 394. The highest BCUT2D eigenvalue weighted by molar-refractivity contribution is 6.09. The van der Waals surface area contributed by atoms with E-state index in [1.165, 1.54) is 84.5 Å². The molecular formula is C23H44O5. The van der Waals surface area contributed by atoms with Crippen molar-refractivity contribution in [2.45, 2.75) is 122 Å². The molecule has 0 heterocycles. The molecule has 0 saturated carbocycles. The molecule has 0 aliphatic rings. The molecule has 0 bridgehead atoms. The maximum atomic E-state index is 11.9. The molecule has 0 rings (SSSR count). The van der Waals surface area contributed by atoms with Crippen molar-refractivity contribution in [1.29, 1.82) is 0 Å². The average molecular weight is 401 g/mol. The Labute approximate surface area is 172 Å². The fourth-order valence-corrected chi connectivity index (χ4v) is 3.67. The highest BCUT2D eigenvalue weighted by Crippen LogP contribution is 2.21. The van der Waals surface area contributed by atoms with E-state index in [1.54, 1.807) is 0 Å². The van der Waals surface area contributed by atoms with E-state index in [9.17, 15) is 14.7 Å². The molecule has 1 atom stereocenters. The van der Waals surface area contributed by atoms with E-state index in [-0.39, 0.29) is 6.61 Å². The first-order valence-electron chi connectivity index (χ1n) is 11.4. The summed E-state index contributed by atoms with van der Waals surface area (Å²) >= 11 is 0. The number of rotatable bonds is 20. The van der Waals surface area contributed by atoms with Crippen molar-refractivity contribution >= 4 is 11.6 Å². The molecule has 28 heavy (non-hydrogen) atoms. The van der Waals surface area contributed by atoms with Crippen molar-refractivity contribution in [3.8, 4) is 0 Å². The summed E-state index contributed by atoms with van der Waals surface area (Å²) < 4.78 is 5.50. The zero-order valence-electron chi connectivity index (χ0n) is 18.5. The monoisotopic (exact) mass is 400 g/mol. The van der Waals surface area contributed by atoms with E-state index in [4.69, 9.17) is 9.84 Å². The van der Waals surface area contributed by atoms with E-state index in [2.05, 4.69) is 6.92 Å². The quantitative estimate of drug-likeness (QED) is 0.227. The van der Waals surface area contributed by atoms with Crippen LogP contribution in [-0.4, -0.2) is 46.7 Å². The number of Topliss-reactive ketones (excluding diaryl/α,β-unsaturated/α-hetero) is 2. The summed E-state index contributed by atoms with van der Waals surface area (Å²) in [5, 5.41) is 19.1. The van der Waals surface area contributed by atoms with Gasteiger partial charge in [-0.05, 0) is 20.3 Å². The van der Waals surface area contributed by atoms with Gasteiger partial charge in [0.15, 0.2) is 11.6 Å². The van der Waals surface area contributed by atoms with E-state index < -0.39 is 29.9 Å². The van der Waals surface area contributed by atoms with Gasteiger partial charge >= 0.3 is 0 Å². The van der Waals surface area contributed by atoms with Crippen LogP contribution in [0.5, 0.6) is 0 Å². The lowest BCUT2D eigenvalue weighted by molar-refractivity contribution is -0.175. The van der Waals surface area contributed by atoms with Crippen molar-refractivity contribution in [1.82, 2.24) is 0 Å². The van der Waals surface area contributed by atoms with Gasteiger partial charge in [0.2, 0.25) is 5.60 Å². The molecule has 5 heteroatoms. The summed E-state index contributed by atoms with van der Waals surface area (Å²) in [6, 6.07) is 0. The van der Waals surface area contributed by atoms with Crippen LogP contribution in [0.15, 0.2) is 0 Å². The lowest BCUT2D eigenvalue weighted by Gasteiger charge is -2.32. The fraction of sp³-hybridized carbons (Fsp3) is 0.913. The standard InChI is InChI=1S/C23H44O5/c1-4-5-6-7-8-9-10-11-12-13-14-15-16-17-18-28-23(20(2)25,21(3)26)22(27)19-24/h22,24,27H,4-19H2,1-3H3. The summed E-state index contributed by atoms with van der Waals surface area (Å²) in [6.07, 6.45) is 15.9. The molecule has 0 aliphatic heterocycles. The number of hydrogen-bond acceptors (Lipinski definition) is 5. The third kappa shape index (κ3) is 10.7. The van der Waals surface area contributed by atoms with Gasteiger partial charge in [0, 0.05) is 6.61 Å². The maximum absolute atomic E-state index is 11.9. The molecule has 5 nitrogen and oxygen atoms in total.